The fraction of sp³-hybridized carbons (Fsp3) is 0.538. The highest BCUT2D eigenvalue weighted by Gasteiger charge is 2.41. The molecular weight excluding hydrogens is 841 g/mol. The van der Waals surface area contributed by atoms with Crippen LogP contribution in [0.15, 0.2) is 97.1 Å². The molecule has 4 aromatic rings. The molecule has 64 heavy (non-hydrogen) atoms. The quantitative estimate of drug-likeness (QED) is 0.0322. The summed E-state index contributed by atoms with van der Waals surface area (Å²) in [7, 11) is 4.11. The van der Waals surface area contributed by atoms with Crippen molar-refractivity contribution in [3.05, 3.63) is 97.1 Å². The van der Waals surface area contributed by atoms with Gasteiger partial charge in [-0.25, -0.2) is 0 Å². The fourth-order valence-corrected chi connectivity index (χ4v) is 11.4. The van der Waals surface area contributed by atoms with Crippen LogP contribution in [0.3, 0.4) is 0 Å². The first-order valence-electron chi connectivity index (χ1n) is 23.6. The van der Waals surface area contributed by atoms with Gasteiger partial charge in [-0.2, -0.15) is 0 Å². The van der Waals surface area contributed by atoms with Crippen LogP contribution in [-0.4, -0.2) is 99.9 Å². The average Bonchev–Trinajstić information content (AvgIpc) is 3.35. The maximum Gasteiger partial charge on any atom is 0.536 e. The van der Waals surface area contributed by atoms with E-state index in [1.54, 1.807) is 42.7 Å². The van der Waals surface area contributed by atoms with Crippen LogP contribution in [0, 0.1) is 0 Å². The molecule has 0 saturated carbocycles. The van der Waals surface area contributed by atoms with Crippen LogP contribution in [0.25, 0.3) is 22.3 Å². The highest BCUT2D eigenvalue weighted by Crippen LogP contribution is 2.25. The molecule has 0 N–H and O–H groups in total. The summed E-state index contributed by atoms with van der Waals surface area (Å²) in [6.45, 7) is 4.60. The minimum absolute atomic E-state index is 0.702. The molecular formula is C52H78O10Si2. The third-order valence-electron chi connectivity index (χ3n) is 11.7. The van der Waals surface area contributed by atoms with Gasteiger partial charge in [0.1, 0.15) is 11.5 Å². The molecule has 4 rings (SSSR count). The van der Waals surface area contributed by atoms with Crippen molar-refractivity contribution < 1.29 is 45.5 Å². The molecule has 0 unspecified atom stereocenters. The zero-order valence-electron chi connectivity index (χ0n) is 39.9. The summed E-state index contributed by atoms with van der Waals surface area (Å²) < 4.78 is 57.2. The summed E-state index contributed by atoms with van der Waals surface area (Å²) in [5.41, 5.74) is 4.53. The number of rotatable bonds is 37. The lowest BCUT2D eigenvalue weighted by Gasteiger charge is -2.24. The summed E-state index contributed by atoms with van der Waals surface area (Å²) in [5.74, 6) is 1.83. The standard InChI is InChI=1S/C52H78O10Si2/c1-53-63(54-2,55-3)51-35-27-47(28-36-51)45-23-31-49(32-24-45)61-41-21-17-13-9-7-11-15-19-39-59-43-44-60-40-20-16-12-8-10-14-18-22-42-62-50-33-25-46(26-34-50)48-29-37-52(38-30-48)64(56-4,57-5)58-6/h23-38H,7-22,39-44H2,1-6H3. The highest BCUT2D eigenvalue weighted by molar-refractivity contribution is 6.75. The van der Waals surface area contributed by atoms with Crippen LogP contribution in [0.1, 0.15) is 103 Å². The Morgan fingerprint density at radius 2 is 0.500 bits per heavy atom. The van der Waals surface area contributed by atoms with Gasteiger partial charge in [-0.3, -0.25) is 0 Å². The van der Waals surface area contributed by atoms with Gasteiger partial charge in [0.15, 0.2) is 0 Å². The zero-order chi connectivity index (χ0) is 45.6. The van der Waals surface area contributed by atoms with E-state index in [9.17, 15) is 0 Å². The van der Waals surface area contributed by atoms with Crippen molar-refractivity contribution in [1.82, 2.24) is 0 Å². The van der Waals surface area contributed by atoms with Gasteiger partial charge in [0.25, 0.3) is 0 Å². The molecule has 0 aliphatic heterocycles. The molecule has 0 atom stereocenters. The Morgan fingerprint density at radius 1 is 0.266 bits per heavy atom. The van der Waals surface area contributed by atoms with E-state index in [4.69, 9.17) is 45.5 Å². The van der Waals surface area contributed by atoms with Crippen LogP contribution < -0.4 is 19.8 Å². The Hall–Kier alpha value is -3.41. The van der Waals surface area contributed by atoms with E-state index in [1.165, 1.54) is 77.0 Å². The fourth-order valence-electron chi connectivity index (χ4n) is 7.86. The van der Waals surface area contributed by atoms with Gasteiger partial charge >= 0.3 is 17.6 Å². The Balaban J connectivity index is 0.858. The van der Waals surface area contributed by atoms with Crippen LogP contribution >= 0.6 is 0 Å². The van der Waals surface area contributed by atoms with Gasteiger partial charge < -0.3 is 45.5 Å². The van der Waals surface area contributed by atoms with Crippen molar-refractivity contribution in [3.8, 4) is 33.8 Å². The van der Waals surface area contributed by atoms with Crippen molar-refractivity contribution in [2.75, 3.05) is 82.3 Å². The SMILES string of the molecule is CO[Si](OC)(OC)c1ccc(-c2ccc(OCCCCCCCCCCOCCOCCCCCCCCCCOc3ccc(-c4ccc([Si](OC)(OC)OC)cc4)cc3)cc2)cc1. The Kier molecular flexibility index (Phi) is 26.2. The third-order valence-corrected chi connectivity index (χ3v) is 17.0. The normalized spacial score (nSPS) is 11.9. The van der Waals surface area contributed by atoms with Crippen molar-refractivity contribution in [3.63, 3.8) is 0 Å². The van der Waals surface area contributed by atoms with Gasteiger partial charge in [-0.05, 0) is 72.2 Å². The van der Waals surface area contributed by atoms with Crippen LogP contribution in [-0.2, 0) is 36.0 Å². The van der Waals surface area contributed by atoms with Crippen molar-refractivity contribution >= 4 is 28.0 Å². The van der Waals surface area contributed by atoms with E-state index in [-0.39, 0.29) is 0 Å². The summed E-state index contributed by atoms with van der Waals surface area (Å²) in [4.78, 5) is 0. The van der Waals surface area contributed by atoms with E-state index in [0.29, 0.717) is 13.2 Å². The van der Waals surface area contributed by atoms with E-state index >= 15 is 0 Å². The predicted octanol–water partition coefficient (Wildman–Crippen LogP) is 10.9. The number of unbranched alkanes of at least 4 members (excludes halogenated alkanes) is 14. The summed E-state index contributed by atoms with van der Waals surface area (Å²) >= 11 is 0. The molecule has 0 aromatic heterocycles. The second-order valence-corrected chi connectivity index (χ2v) is 21.9. The van der Waals surface area contributed by atoms with Gasteiger partial charge in [0.05, 0.1) is 26.4 Å². The van der Waals surface area contributed by atoms with Crippen LogP contribution in [0.4, 0.5) is 0 Å². The minimum Gasteiger partial charge on any atom is -0.494 e. The first-order chi connectivity index (χ1) is 31.5. The number of hydrogen-bond acceptors (Lipinski definition) is 10. The molecule has 0 saturated heterocycles. The lowest BCUT2D eigenvalue weighted by Crippen LogP contribution is -2.54. The molecule has 4 aromatic carbocycles. The predicted molar refractivity (Wildman–Crippen MR) is 263 cm³/mol. The van der Waals surface area contributed by atoms with Crippen LogP contribution in [0.2, 0.25) is 0 Å². The number of hydrogen-bond donors (Lipinski definition) is 0. The van der Waals surface area contributed by atoms with Crippen molar-refractivity contribution in [1.29, 1.82) is 0 Å². The lowest BCUT2D eigenvalue weighted by molar-refractivity contribution is 0.0448. The van der Waals surface area contributed by atoms with Crippen molar-refractivity contribution in [2.24, 2.45) is 0 Å². The molecule has 354 valence electrons. The monoisotopic (exact) mass is 919 g/mol. The van der Waals surface area contributed by atoms with Gasteiger partial charge in [0, 0.05) is 66.2 Å². The molecule has 0 spiro atoms. The van der Waals surface area contributed by atoms with Gasteiger partial charge in [0.2, 0.25) is 0 Å². The lowest BCUT2D eigenvalue weighted by atomic mass is 10.1. The molecule has 0 bridgehead atoms. The van der Waals surface area contributed by atoms with Crippen LogP contribution in [0.5, 0.6) is 11.5 Å². The number of benzene rings is 4. The molecule has 0 aliphatic rings. The minimum atomic E-state index is -2.82. The molecule has 12 heteroatoms. The molecule has 0 radical (unpaired) electrons. The van der Waals surface area contributed by atoms with Gasteiger partial charge in [-0.15, -0.1) is 0 Å². The molecule has 0 aliphatic carbocycles. The Morgan fingerprint density at radius 3 is 0.766 bits per heavy atom. The summed E-state index contributed by atoms with van der Waals surface area (Å²) in [5, 5.41) is 1.88. The van der Waals surface area contributed by atoms with E-state index in [2.05, 4.69) is 48.5 Å². The topological polar surface area (TPSA) is 92.3 Å². The molecule has 0 heterocycles. The first kappa shape index (κ1) is 53.2. The smallest absolute Gasteiger partial charge is 0.494 e. The largest absolute Gasteiger partial charge is 0.536 e. The summed E-state index contributed by atoms with van der Waals surface area (Å²) in [6.07, 6.45) is 19.6. The van der Waals surface area contributed by atoms with E-state index in [0.717, 1.165) is 96.2 Å². The molecule has 0 fully saturated rings. The highest BCUT2D eigenvalue weighted by atomic mass is 28.4. The van der Waals surface area contributed by atoms with Crippen molar-refractivity contribution in [2.45, 2.75) is 103 Å². The van der Waals surface area contributed by atoms with Gasteiger partial charge in [-0.1, -0.05) is 150 Å². The first-order valence-corrected chi connectivity index (χ1v) is 27.0. The second-order valence-electron chi connectivity index (χ2n) is 16.1. The number of ether oxygens (including phenoxy) is 4. The Labute approximate surface area is 387 Å². The molecule has 10 nitrogen and oxygen atoms in total. The Bertz CT molecular complexity index is 1600. The average molecular weight is 919 g/mol. The maximum absolute atomic E-state index is 6.01. The maximum atomic E-state index is 6.01. The zero-order valence-corrected chi connectivity index (χ0v) is 41.9. The summed E-state index contributed by atoms with van der Waals surface area (Å²) in [6, 6.07) is 33.0. The third kappa shape index (κ3) is 18.1. The molecule has 0 amide bonds. The van der Waals surface area contributed by atoms with E-state index in [1.807, 2.05) is 48.5 Å². The second kappa shape index (κ2) is 31.5. The van der Waals surface area contributed by atoms with E-state index < -0.39 is 17.6 Å².